The normalized spacial score (nSPS) is 24.2. The molecule has 2 aliphatic rings. The molecule has 2 aromatic rings. The van der Waals surface area contributed by atoms with Crippen LogP contribution in [0.25, 0.3) is 0 Å². The van der Waals surface area contributed by atoms with Gasteiger partial charge in [0, 0.05) is 18.8 Å². The highest BCUT2D eigenvalue weighted by atomic mass is 35.5. The second-order valence-corrected chi connectivity index (χ2v) is 8.29. The average molecular weight is 417 g/mol. The SMILES string of the molecule is Cc1cc(N2CCC3(CCC(NC(=O)c4ccncn4)CC3)C2=O)c(Cl)cc1F. The maximum Gasteiger partial charge on any atom is 0.270 e. The molecule has 1 aromatic heterocycles. The molecule has 152 valence electrons. The van der Waals surface area contributed by atoms with E-state index in [1.165, 1.54) is 18.6 Å². The molecule has 1 spiro atoms. The number of rotatable bonds is 3. The standard InChI is InChI=1S/C21H22ClFN4O2/c1-13-10-18(15(22)11-16(13)23)27-9-7-21(20(27)29)5-2-14(3-6-21)26-19(28)17-4-8-24-12-25-17/h4,8,10-12,14H,2-3,5-7,9H2,1H3,(H,26,28). The zero-order valence-electron chi connectivity index (χ0n) is 16.1. The first-order valence-electron chi connectivity index (χ1n) is 9.74. The Balaban J connectivity index is 1.42. The second-order valence-electron chi connectivity index (χ2n) is 7.88. The highest BCUT2D eigenvalue weighted by Gasteiger charge is 2.49. The van der Waals surface area contributed by atoms with Crippen LogP contribution in [-0.2, 0) is 4.79 Å². The molecule has 0 unspecified atom stereocenters. The van der Waals surface area contributed by atoms with Gasteiger partial charge in [-0.1, -0.05) is 11.6 Å². The molecule has 2 amide bonds. The summed E-state index contributed by atoms with van der Waals surface area (Å²) >= 11 is 6.22. The summed E-state index contributed by atoms with van der Waals surface area (Å²) in [5, 5.41) is 3.26. The summed E-state index contributed by atoms with van der Waals surface area (Å²) in [6.45, 7) is 2.23. The lowest BCUT2D eigenvalue weighted by Gasteiger charge is -2.36. The first-order chi connectivity index (χ1) is 13.9. The summed E-state index contributed by atoms with van der Waals surface area (Å²) in [6.07, 6.45) is 6.48. The van der Waals surface area contributed by atoms with E-state index in [0.717, 1.165) is 19.3 Å². The number of nitrogens with zero attached hydrogens (tertiary/aromatic N) is 3. The Kier molecular flexibility index (Phi) is 5.25. The Morgan fingerprint density at radius 2 is 2.07 bits per heavy atom. The summed E-state index contributed by atoms with van der Waals surface area (Å²) in [7, 11) is 0. The molecule has 1 aliphatic carbocycles. The number of benzene rings is 1. The van der Waals surface area contributed by atoms with Gasteiger partial charge in [0.05, 0.1) is 16.1 Å². The number of halogens is 2. The van der Waals surface area contributed by atoms with Gasteiger partial charge in [-0.2, -0.15) is 0 Å². The van der Waals surface area contributed by atoms with E-state index in [2.05, 4.69) is 15.3 Å². The molecular weight excluding hydrogens is 395 g/mol. The van der Waals surface area contributed by atoms with E-state index in [1.807, 2.05) is 0 Å². The third kappa shape index (κ3) is 3.71. The molecule has 1 saturated heterocycles. The van der Waals surface area contributed by atoms with Crippen LogP contribution in [0.5, 0.6) is 0 Å². The van der Waals surface area contributed by atoms with Crippen molar-refractivity contribution in [2.45, 2.75) is 45.1 Å². The van der Waals surface area contributed by atoms with Crippen molar-refractivity contribution < 1.29 is 14.0 Å². The molecule has 4 rings (SSSR count). The number of amides is 2. The summed E-state index contributed by atoms with van der Waals surface area (Å²) in [6, 6.07) is 4.50. The Hall–Kier alpha value is -2.54. The zero-order chi connectivity index (χ0) is 20.6. The van der Waals surface area contributed by atoms with E-state index in [1.54, 1.807) is 24.0 Å². The van der Waals surface area contributed by atoms with Gasteiger partial charge in [0.15, 0.2) is 0 Å². The van der Waals surface area contributed by atoms with Crippen molar-refractivity contribution in [3.8, 4) is 0 Å². The minimum absolute atomic E-state index is 0.0154. The van der Waals surface area contributed by atoms with Crippen LogP contribution in [0.4, 0.5) is 10.1 Å². The number of carbonyl (C=O) groups excluding carboxylic acids is 2. The van der Waals surface area contributed by atoms with Gasteiger partial charge < -0.3 is 10.2 Å². The number of hydrogen-bond donors (Lipinski definition) is 1. The number of nitrogens with one attached hydrogen (secondary N) is 1. The Bertz CT molecular complexity index is 945. The van der Waals surface area contributed by atoms with Crippen LogP contribution in [0, 0.1) is 18.2 Å². The highest BCUT2D eigenvalue weighted by Crippen LogP contribution is 2.47. The maximum atomic E-state index is 13.7. The first-order valence-corrected chi connectivity index (χ1v) is 10.1. The van der Waals surface area contributed by atoms with Crippen molar-refractivity contribution in [3.05, 3.63) is 52.8 Å². The van der Waals surface area contributed by atoms with Crippen LogP contribution >= 0.6 is 11.6 Å². The fraction of sp³-hybridized carbons (Fsp3) is 0.429. The molecular formula is C21H22ClFN4O2. The summed E-state index contributed by atoms with van der Waals surface area (Å²) < 4.78 is 13.7. The predicted molar refractivity (Wildman–Crippen MR) is 107 cm³/mol. The van der Waals surface area contributed by atoms with Crippen molar-refractivity contribution in [3.63, 3.8) is 0 Å². The van der Waals surface area contributed by atoms with Crippen LogP contribution in [0.3, 0.4) is 0 Å². The molecule has 0 atom stereocenters. The van der Waals surface area contributed by atoms with E-state index < -0.39 is 5.41 Å². The minimum atomic E-state index is -0.429. The largest absolute Gasteiger partial charge is 0.348 e. The van der Waals surface area contributed by atoms with Crippen molar-refractivity contribution >= 4 is 29.1 Å². The lowest BCUT2D eigenvalue weighted by molar-refractivity contribution is -0.127. The van der Waals surface area contributed by atoms with E-state index in [4.69, 9.17) is 11.6 Å². The van der Waals surface area contributed by atoms with Gasteiger partial charge in [-0.25, -0.2) is 14.4 Å². The van der Waals surface area contributed by atoms with E-state index >= 15 is 0 Å². The number of aromatic nitrogens is 2. The molecule has 2 fully saturated rings. The predicted octanol–water partition coefficient (Wildman–Crippen LogP) is 3.67. The Labute approximate surface area is 173 Å². The van der Waals surface area contributed by atoms with Gasteiger partial charge >= 0.3 is 0 Å². The van der Waals surface area contributed by atoms with E-state index in [0.29, 0.717) is 36.3 Å². The fourth-order valence-corrected chi connectivity index (χ4v) is 4.61. The molecule has 8 heteroatoms. The van der Waals surface area contributed by atoms with Crippen molar-refractivity contribution in [2.75, 3.05) is 11.4 Å². The number of anilines is 1. The molecule has 1 N–H and O–H groups in total. The lowest BCUT2D eigenvalue weighted by atomic mass is 9.71. The Morgan fingerprint density at radius 1 is 1.31 bits per heavy atom. The lowest BCUT2D eigenvalue weighted by Crippen LogP contribution is -2.44. The number of carbonyl (C=O) groups is 2. The summed E-state index contributed by atoms with van der Waals surface area (Å²) in [4.78, 5) is 35.0. The van der Waals surface area contributed by atoms with Crippen LogP contribution in [0.1, 0.15) is 48.2 Å². The smallest absolute Gasteiger partial charge is 0.270 e. The number of aryl methyl sites for hydroxylation is 1. The third-order valence-corrected chi connectivity index (χ3v) is 6.43. The van der Waals surface area contributed by atoms with Crippen LogP contribution in [0.15, 0.2) is 30.7 Å². The third-order valence-electron chi connectivity index (χ3n) is 6.12. The van der Waals surface area contributed by atoms with Crippen LogP contribution in [-0.4, -0.2) is 34.4 Å². The minimum Gasteiger partial charge on any atom is -0.348 e. The fourth-order valence-electron chi connectivity index (χ4n) is 4.36. The van der Waals surface area contributed by atoms with Crippen molar-refractivity contribution in [2.24, 2.45) is 5.41 Å². The van der Waals surface area contributed by atoms with Gasteiger partial charge in [0.25, 0.3) is 5.91 Å². The first kappa shape index (κ1) is 19.8. The maximum absolute atomic E-state index is 13.7. The van der Waals surface area contributed by atoms with Gasteiger partial charge in [-0.15, -0.1) is 0 Å². The van der Waals surface area contributed by atoms with Gasteiger partial charge in [0.2, 0.25) is 5.91 Å². The topological polar surface area (TPSA) is 75.2 Å². The molecule has 1 aromatic carbocycles. The summed E-state index contributed by atoms with van der Waals surface area (Å²) in [5.41, 5.74) is 0.951. The molecule has 0 bridgehead atoms. The monoisotopic (exact) mass is 416 g/mol. The van der Waals surface area contributed by atoms with Gasteiger partial charge in [-0.3, -0.25) is 9.59 Å². The number of hydrogen-bond acceptors (Lipinski definition) is 4. The molecule has 6 nitrogen and oxygen atoms in total. The molecule has 0 radical (unpaired) electrons. The van der Waals surface area contributed by atoms with Gasteiger partial charge in [0.1, 0.15) is 17.8 Å². The summed E-state index contributed by atoms with van der Waals surface area (Å²) in [5.74, 6) is -0.549. The van der Waals surface area contributed by atoms with E-state index in [-0.39, 0.29) is 28.7 Å². The highest BCUT2D eigenvalue weighted by molar-refractivity contribution is 6.34. The quantitative estimate of drug-likeness (QED) is 0.828. The van der Waals surface area contributed by atoms with Crippen molar-refractivity contribution in [1.29, 1.82) is 0 Å². The molecule has 1 saturated carbocycles. The second kappa shape index (κ2) is 7.71. The van der Waals surface area contributed by atoms with Crippen LogP contribution in [0.2, 0.25) is 5.02 Å². The van der Waals surface area contributed by atoms with Crippen LogP contribution < -0.4 is 10.2 Å². The van der Waals surface area contributed by atoms with E-state index in [9.17, 15) is 14.0 Å². The average Bonchev–Trinajstić information content (AvgIpc) is 3.03. The van der Waals surface area contributed by atoms with Crippen molar-refractivity contribution in [1.82, 2.24) is 15.3 Å². The molecule has 1 aliphatic heterocycles. The van der Waals surface area contributed by atoms with Gasteiger partial charge in [-0.05, 0) is 62.8 Å². The zero-order valence-corrected chi connectivity index (χ0v) is 16.9. The molecule has 29 heavy (non-hydrogen) atoms. The Morgan fingerprint density at radius 3 is 2.76 bits per heavy atom. The molecule has 2 heterocycles.